The molecule has 1 aliphatic rings. The van der Waals surface area contributed by atoms with Crippen molar-refractivity contribution in [2.24, 2.45) is 5.92 Å². The van der Waals surface area contributed by atoms with E-state index in [0.29, 0.717) is 42.5 Å². The number of nitriles is 1. The standard InChI is InChI=1S/C24H21FN4O2/c1-2-22(30)17-8-11-28(12-9-17)23-19(13-26)24(31)29(21-7-10-27-14-20(21)23)15-16-3-5-18(25)6-4-16/h2-7,10,14,17H,1,8-9,11-12,15H2. The minimum atomic E-state index is -0.398. The Balaban J connectivity index is 1.80. The first-order valence-corrected chi connectivity index (χ1v) is 10.1. The minimum absolute atomic E-state index is 0.0291. The summed E-state index contributed by atoms with van der Waals surface area (Å²) in [5, 5.41) is 10.6. The largest absolute Gasteiger partial charge is 0.370 e. The molecule has 156 valence electrons. The molecule has 0 spiro atoms. The molecule has 1 aliphatic heterocycles. The van der Waals surface area contributed by atoms with Crippen molar-refractivity contribution in [2.75, 3.05) is 18.0 Å². The summed E-state index contributed by atoms with van der Waals surface area (Å²) in [5.74, 6) is -0.402. The third-order valence-corrected chi connectivity index (χ3v) is 5.82. The van der Waals surface area contributed by atoms with Crippen LogP contribution < -0.4 is 10.5 Å². The molecule has 1 aromatic carbocycles. The predicted molar refractivity (Wildman–Crippen MR) is 116 cm³/mol. The van der Waals surface area contributed by atoms with Crippen LogP contribution in [0.3, 0.4) is 0 Å². The Morgan fingerprint density at radius 2 is 1.97 bits per heavy atom. The lowest BCUT2D eigenvalue weighted by molar-refractivity contribution is -0.118. The summed E-state index contributed by atoms with van der Waals surface area (Å²) in [7, 11) is 0. The molecule has 3 aromatic rings. The first-order chi connectivity index (χ1) is 15.0. The van der Waals surface area contributed by atoms with Crippen LogP contribution in [0.1, 0.15) is 24.0 Å². The van der Waals surface area contributed by atoms with Crippen molar-refractivity contribution in [3.05, 3.63) is 82.7 Å². The number of aromatic nitrogens is 2. The molecule has 0 radical (unpaired) electrons. The molecule has 2 aromatic heterocycles. The van der Waals surface area contributed by atoms with E-state index in [-0.39, 0.29) is 29.6 Å². The lowest BCUT2D eigenvalue weighted by atomic mass is 9.91. The highest BCUT2D eigenvalue weighted by molar-refractivity contribution is 5.95. The predicted octanol–water partition coefficient (Wildman–Crippen LogP) is 3.43. The molecule has 1 saturated heterocycles. The summed E-state index contributed by atoms with van der Waals surface area (Å²) in [6.45, 7) is 4.89. The zero-order valence-corrected chi connectivity index (χ0v) is 16.9. The second-order valence-corrected chi connectivity index (χ2v) is 7.61. The Labute approximate surface area is 178 Å². The Morgan fingerprint density at radius 1 is 1.26 bits per heavy atom. The quantitative estimate of drug-likeness (QED) is 0.596. The Bertz CT molecular complexity index is 1250. The van der Waals surface area contributed by atoms with Crippen LogP contribution in [-0.2, 0) is 11.3 Å². The molecule has 0 saturated carbocycles. The van der Waals surface area contributed by atoms with E-state index in [1.165, 1.54) is 22.8 Å². The normalized spacial score (nSPS) is 14.4. The number of pyridine rings is 2. The van der Waals surface area contributed by atoms with Gasteiger partial charge in [0.25, 0.3) is 5.56 Å². The van der Waals surface area contributed by atoms with Gasteiger partial charge in [-0.2, -0.15) is 5.26 Å². The fourth-order valence-corrected chi connectivity index (χ4v) is 4.20. The average Bonchev–Trinajstić information content (AvgIpc) is 2.81. The summed E-state index contributed by atoms with van der Waals surface area (Å²) in [5.41, 5.74) is 1.63. The summed E-state index contributed by atoms with van der Waals surface area (Å²) in [6.07, 6.45) is 5.89. The van der Waals surface area contributed by atoms with Gasteiger partial charge in [0, 0.05) is 36.8 Å². The van der Waals surface area contributed by atoms with E-state index in [2.05, 4.69) is 17.6 Å². The molecule has 0 amide bonds. The average molecular weight is 416 g/mol. The van der Waals surface area contributed by atoms with Gasteiger partial charge < -0.3 is 9.47 Å². The van der Waals surface area contributed by atoms with Crippen molar-refractivity contribution < 1.29 is 9.18 Å². The van der Waals surface area contributed by atoms with Gasteiger partial charge in [-0.1, -0.05) is 18.7 Å². The first kappa shape index (κ1) is 20.5. The molecule has 0 N–H and O–H groups in total. The van der Waals surface area contributed by atoms with Crippen LogP contribution in [0.2, 0.25) is 0 Å². The number of carbonyl (C=O) groups excluding carboxylic acids is 1. The lowest BCUT2D eigenvalue weighted by Crippen LogP contribution is -2.38. The number of halogens is 1. The van der Waals surface area contributed by atoms with Gasteiger partial charge in [-0.05, 0) is 42.7 Å². The number of allylic oxidation sites excluding steroid dienone is 1. The van der Waals surface area contributed by atoms with E-state index in [4.69, 9.17) is 0 Å². The second-order valence-electron chi connectivity index (χ2n) is 7.61. The highest BCUT2D eigenvalue weighted by Crippen LogP contribution is 2.32. The van der Waals surface area contributed by atoms with Crippen LogP contribution >= 0.6 is 0 Å². The number of piperidine rings is 1. The van der Waals surface area contributed by atoms with Crippen LogP contribution in [0.25, 0.3) is 10.9 Å². The van der Waals surface area contributed by atoms with Crippen LogP contribution in [0.15, 0.2) is 60.2 Å². The van der Waals surface area contributed by atoms with Gasteiger partial charge in [0.2, 0.25) is 0 Å². The molecule has 31 heavy (non-hydrogen) atoms. The van der Waals surface area contributed by atoms with Crippen molar-refractivity contribution in [1.29, 1.82) is 5.26 Å². The minimum Gasteiger partial charge on any atom is -0.370 e. The van der Waals surface area contributed by atoms with Gasteiger partial charge in [0.1, 0.15) is 17.4 Å². The fourth-order valence-electron chi connectivity index (χ4n) is 4.20. The summed E-state index contributed by atoms with van der Waals surface area (Å²) in [6, 6.07) is 9.77. The molecule has 0 unspecified atom stereocenters. The first-order valence-electron chi connectivity index (χ1n) is 10.1. The monoisotopic (exact) mass is 416 g/mol. The molecule has 0 bridgehead atoms. The van der Waals surface area contributed by atoms with Gasteiger partial charge >= 0.3 is 0 Å². The maximum Gasteiger partial charge on any atom is 0.271 e. The number of ketones is 1. The van der Waals surface area contributed by atoms with Crippen LogP contribution in [0, 0.1) is 23.1 Å². The summed E-state index contributed by atoms with van der Waals surface area (Å²) < 4.78 is 14.8. The van der Waals surface area contributed by atoms with E-state index in [0.717, 1.165) is 5.56 Å². The van der Waals surface area contributed by atoms with E-state index in [1.807, 2.05) is 4.90 Å². The van der Waals surface area contributed by atoms with Gasteiger partial charge in [0.15, 0.2) is 5.78 Å². The fraction of sp³-hybridized carbons (Fsp3) is 0.250. The molecule has 0 aliphatic carbocycles. The Morgan fingerprint density at radius 3 is 2.61 bits per heavy atom. The molecular weight excluding hydrogens is 395 g/mol. The molecule has 3 heterocycles. The summed E-state index contributed by atoms with van der Waals surface area (Å²) in [4.78, 5) is 31.5. The number of anilines is 1. The smallest absolute Gasteiger partial charge is 0.271 e. The van der Waals surface area contributed by atoms with Crippen molar-refractivity contribution >= 4 is 22.4 Å². The third-order valence-electron chi connectivity index (χ3n) is 5.82. The van der Waals surface area contributed by atoms with Crippen LogP contribution in [0.5, 0.6) is 0 Å². The number of hydrogen-bond acceptors (Lipinski definition) is 5. The van der Waals surface area contributed by atoms with Crippen LogP contribution in [-0.4, -0.2) is 28.4 Å². The Hall–Kier alpha value is -3.79. The molecule has 7 heteroatoms. The van der Waals surface area contributed by atoms with E-state index < -0.39 is 5.56 Å². The number of nitrogens with zero attached hydrogens (tertiary/aromatic N) is 4. The molecule has 0 atom stereocenters. The van der Waals surface area contributed by atoms with E-state index in [9.17, 15) is 19.2 Å². The lowest BCUT2D eigenvalue weighted by Gasteiger charge is -2.34. The van der Waals surface area contributed by atoms with Crippen molar-refractivity contribution in [3.8, 4) is 6.07 Å². The topological polar surface area (TPSA) is 79.0 Å². The van der Waals surface area contributed by atoms with Gasteiger partial charge in [-0.3, -0.25) is 14.6 Å². The maximum absolute atomic E-state index is 13.3. The molecule has 1 fully saturated rings. The van der Waals surface area contributed by atoms with Gasteiger partial charge in [-0.25, -0.2) is 4.39 Å². The van der Waals surface area contributed by atoms with E-state index in [1.54, 1.807) is 30.6 Å². The molecular formula is C24H21FN4O2. The van der Waals surface area contributed by atoms with Crippen molar-refractivity contribution in [3.63, 3.8) is 0 Å². The zero-order valence-electron chi connectivity index (χ0n) is 16.9. The van der Waals surface area contributed by atoms with Crippen molar-refractivity contribution in [2.45, 2.75) is 19.4 Å². The number of carbonyl (C=O) groups is 1. The zero-order chi connectivity index (χ0) is 22.0. The second kappa shape index (κ2) is 8.52. The number of benzene rings is 1. The van der Waals surface area contributed by atoms with Gasteiger partial charge in [0.05, 0.1) is 17.7 Å². The molecule has 6 nitrogen and oxygen atoms in total. The number of fused-ring (bicyclic) bond motifs is 1. The highest BCUT2D eigenvalue weighted by Gasteiger charge is 2.28. The van der Waals surface area contributed by atoms with Crippen LogP contribution in [0.4, 0.5) is 10.1 Å². The van der Waals surface area contributed by atoms with Gasteiger partial charge in [-0.15, -0.1) is 0 Å². The Kier molecular flexibility index (Phi) is 5.63. The van der Waals surface area contributed by atoms with Crippen molar-refractivity contribution in [1.82, 2.24) is 9.55 Å². The summed E-state index contributed by atoms with van der Waals surface area (Å²) >= 11 is 0. The van der Waals surface area contributed by atoms with E-state index >= 15 is 0 Å². The SMILES string of the molecule is C=CC(=O)C1CCN(c2c(C#N)c(=O)n(Cc3ccc(F)cc3)c3ccncc23)CC1. The maximum atomic E-state index is 13.3. The highest BCUT2D eigenvalue weighted by atomic mass is 19.1. The third kappa shape index (κ3) is 3.84. The molecule has 4 rings (SSSR count). The number of hydrogen-bond donors (Lipinski definition) is 0. The number of rotatable bonds is 5.